The zero-order chi connectivity index (χ0) is 22.2. The monoisotopic (exact) mass is 423 g/mol. The summed E-state index contributed by atoms with van der Waals surface area (Å²) < 4.78 is 0. The normalized spacial score (nSPS) is 12.3. The minimum atomic E-state index is -0.130. The van der Waals surface area contributed by atoms with Gasteiger partial charge in [0.15, 0.2) is 0 Å². The van der Waals surface area contributed by atoms with Crippen molar-refractivity contribution in [2.75, 3.05) is 13.1 Å². The standard InChI is InChI=1S/C28H29N3O/c29-25(19-23-11-5-2-6-12-23)21-31(28(32)16-15-22-9-3-1-4-10-22)18-17-24-20-30-27-14-8-7-13-26(24)27/h1-16,20,25,30H,17-19,21,29H2/b16-15+/t25-/m0/s1. The van der Waals surface area contributed by atoms with Gasteiger partial charge in [-0.15, -0.1) is 0 Å². The lowest BCUT2D eigenvalue weighted by Gasteiger charge is -2.25. The van der Waals surface area contributed by atoms with Crippen molar-refractivity contribution in [3.8, 4) is 0 Å². The quantitative estimate of drug-likeness (QED) is 0.379. The molecule has 1 aromatic heterocycles. The summed E-state index contributed by atoms with van der Waals surface area (Å²) in [6, 6.07) is 28.2. The summed E-state index contributed by atoms with van der Waals surface area (Å²) in [6.07, 6.45) is 7.06. The van der Waals surface area contributed by atoms with E-state index in [4.69, 9.17) is 5.73 Å². The van der Waals surface area contributed by atoms with E-state index in [0.717, 1.165) is 23.9 Å². The zero-order valence-corrected chi connectivity index (χ0v) is 18.2. The van der Waals surface area contributed by atoms with Crippen molar-refractivity contribution < 1.29 is 4.79 Å². The highest BCUT2D eigenvalue weighted by Crippen LogP contribution is 2.18. The molecule has 162 valence electrons. The van der Waals surface area contributed by atoms with Crippen molar-refractivity contribution in [2.24, 2.45) is 5.73 Å². The van der Waals surface area contributed by atoms with Crippen LogP contribution in [-0.4, -0.2) is 34.9 Å². The number of carbonyl (C=O) groups excluding carboxylic acids is 1. The summed E-state index contributed by atoms with van der Waals surface area (Å²) in [5.41, 5.74) is 11.0. The summed E-state index contributed by atoms with van der Waals surface area (Å²) in [5, 5.41) is 1.20. The van der Waals surface area contributed by atoms with Crippen LogP contribution in [0, 0.1) is 0 Å². The predicted molar refractivity (Wildman–Crippen MR) is 132 cm³/mol. The van der Waals surface area contributed by atoms with Crippen LogP contribution >= 0.6 is 0 Å². The van der Waals surface area contributed by atoms with Crippen LogP contribution in [-0.2, 0) is 17.6 Å². The number of nitrogens with one attached hydrogen (secondary N) is 1. The molecule has 0 aliphatic rings. The average Bonchev–Trinajstić information content (AvgIpc) is 3.24. The molecule has 3 aromatic carbocycles. The molecule has 0 unspecified atom stereocenters. The number of nitrogens with zero attached hydrogens (tertiary/aromatic N) is 1. The minimum absolute atomic E-state index is 0.0165. The molecule has 4 heteroatoms. The molecule has 0 aliphatic carbocycles. The molecular weight excluding hydrogens is 394 g/mol. The third-order valence-corrected chi connectivity index (χ3v) is 5.65. The Bertz CT molecular complexity index is 1170. The fourth-order valence-corrected chi connectivity index (χ4v) is 3.99. The van der Waals surface area contributed by atoms with E-state index in [1.165, 1.54) is 16.5 Å². The molecule has 0 radical (unpaired) electrons. The molecule has 0 saturated heterocycles. The van der Waals surface area contributed by atoms with Crippen molar-refractivity contribution >= 4 is 22.9 Å². The first-order chi connectivity index (χ1) is 15.7. The number of fused-ring (bicyclic) bond motifs is 1. The summed E-state index contributed by atoms with van der Waals surface area (Å²) in [5.74, 6) is -0.0165. The number of amides is 1. The van der Waals surface area contributed by atoms with Crippen molar-refractivity contribution in [3.63, 3.8) is 0 Å². The number of benzene rings is 3. The van der Waals surface area contributed by atoms with Crippen LogP contribution in [0.15, 0.2) is 97.2 Å². The Morgan fingerprint density at radius 3 is 2.41 bits per heavy atom. The van der Waals surface area contributed by atoms with E-state index < -0.39 is 0 Å². The van der Waals surface area contributed by atoms with E-state index in [1.807, 2.05) is 77.8 Å². The molecule has 1 atom stereocenters. The average molecular weight is 424 g/mol. The minimum Gasteiger partial charge on any atom is -0.361 e. The van der Waals surface area contributed by atoms with Crippen LogP contribution in [0.1, 0.15) is 16.7 Å². The largest absolute Gasteiger partial charge is 0.361 e. The van der Waals surface area contributed by atoms with Crippen molar-refractivity contribution in [1.82, 2.24) is 9.88 Å². The van der Waals surface area contributed by atoms with Gasteiger partial charge >= 0.3 is 0 Å². The molecule has 4 nitrogen and oxygen atoms in total. The number of para-hydroxylation sites is 1. The Morgan fingerprint density at radius 2 is 1.62 bits per heavy atom. The maximum Gasteiger partial charge on any atom is 0.246 e. The maximum atomic E-state index is 13.1. The van der Waals surface area contributed by atoms with Crippen molar-refractivity contribution in [3.05, 3.63) is 114 Å². The fourth-order valence-electron chi connectivity index (χ4n) is 3.99. The fraction of sp³-hybridized carbons (Fsp3) is 0.179. The van der Waals surface area contributed by atoms with Gasteiger partial charge in [0.25, 0.3) is 0 Å². The topological polar surface area (TPSA) is 62.1 Å². The Labute approximate surface area is 189 Å². The van der Waals surface area contributed by atoms with E-state index >= 15 is 0 Å². The van der Waals surface area contributed by atoms with Gasteiger partial charge in [-0.3, -0.25) is 4.79 Å². The molecule has 1 heterocycles. The number of aromatic nitrogens is 1. The Morgan fingerprint density at radius 1 is 0.938 bits per heavy atom. The SMILES string of the molecule is N[C@@H](Cc1ccccc1)CN(CCc1c[nH]c2ccccc12)C(=O)/C=C/c1ccccc1. The molecule has 0 fully saturated rings. The molecule has 0 aliphatic heterocycles. The smallest absolute Gasteiger partial charge is 0.246 e. The van der Waals surface area contributed by atoms with Gasteiger partial charge in [0.1, 0.15) is 0 Å². The Kier molecular flexibility index (Phi) is 7.15. The van der Waals surface area contributed by atoms with Crippen molar-refractivity contribution in [2.45, 2.75) is 18.9 Å². The third kappa shape index (κ3) is 5.74. The molecule has 1 amide bonds. The summed E-state index contributed by atoms with van der Waals surface area (Å²) in [6.45, 7) is 1.12. The zero-order valence-electron chi connectivity index (χ0n) is 18.2. The number of nitrogens with two attached hydrogens (primary N) is 1. The highest BCUT2D eigenvalue weighted by Gasteiger charge is 2.16. The number of aromatic amines is 1. The van der Waals surface area contributed by atoms with Gasteiger partial charge in [-0.05, 0) is 41.7 Å². The molecular formula is C28H29N3O. The van der Waals surface area contributed by atoms with Gasteiger partial charge in [-0.2, -0.15) is 0 Å². The van der Waals surface area contributed by atoms with Crippen LogP contribution in [0.5, 0.6) is 0 Å². The molecule has 32 heavy (non-hydrogen) atoms. The lowest BCUT2D eigenvalue weighted by molar-refractivity contribution is -0.126. The molecule has 3 N–H and O–H groups in total. The van der Waals surface area contributed by atoms with E-state index in [-0.39, 0.29) is 11.9 Å². The Balaban J connectivity index is 1.47. The first kappa shape index (κ1) is 21.6. The summed E-state index contributed by atoms with van der Waals surface area (Å²) in [4.78, 5) is 18.3. The second-order valence-electron chi connectivity index (χ2n) is 8.09. The van der Waals surface area contributed by atoms with E-state index in [2.05, 4.69) is 29.2 Å². The summed E-state index contributed by atoms with van der Waals surface area (Å²) in [7, 11) is 0. The molecule has 4 aromatic rings. The molecule has 0 spiro atoms. The number of hydrogen-bond acceptors (Lipinski definition) is 2. The van der Waals surface area contributed by atoms with Crippen LogP contribution in [0.3, 0.4) is 0 Å². The van der Waals surface area contributed by atoms with E-state index in [0.29, 0.717) is 13.1 Å². The third-order valence-electron chi connectivity index (χ3n) is 5.65. The number of carbonyl (C=O) groups is 1. The highest BCUT2D eigenvalue weighted by atomic mass is 16.2. The van der Waals surface area contributed by atoms with Gasteiger partial charge in [-0.1, -0.05) is 78.9 Å². The molecule has 0 saturated carbocycles. The number of H-pyrrole nitrogens is 1. The van der Waals surface area contributed by atoms with Gasteiger partial charge in [-0.25, -0.2) is 0 Å². The van der Waals surface area contributed by atoms with Gasteiger partial charge in [0, 0.05) is 42.3 Å². The van der Waals surface area contributed by atoms with Crippen LogP contribution < -0.4 is 5.73 Å². The van der Waals surface area contributed by atoms with Crippen LogP contribution in [0.25, 0.3) is 17.0 Å². The lowest BCUT2D eigenvalue weighted by atomic mass is 10.1. The second kappa shape index (κ2) is 10.6. The Hall–Kier alpha value is -3.63. The van der Waals surface area contributed by atoms with Gasteiger partial charge in [0.05, 0.1) is 0 Å². The first-order valence-corrected chi connectivity index (χ1v) is 11.1. The molecule has 4 rings (SSSR count). The van der Waals surface area contributed by atoms with Gasteiger partial charge in [0.2, 0.25) is 5.91 Å². The molecule has 0 bridgehead atoms. The number of hydrogen-bond donors (Lipinski definition) is 2. The van der Waals surface area contributed by atoms with Crippen LogP contribution in [0.2, 0.25) is 0 Å². The first-order valence-electron chi connectivity index (χ1n) is 11.1. The second-order valence-corrected chi connectivity index (χ2v) is 8.09. The lowest BCUT2D eigenvalue weighted by Crippen LogP contribution is -2.42. The summed E-state index contributed by atoms with van der Waals surface area (Å²) >= 11 is 0. The van der Waals surface area contributed by atoms with E-state index in [1.54, 1.807) is 6.08 Å². The van der Waals surface area contributed by atoms with Gasteiger partial charge < -0.3 is 15.6 Å². The van der Waals surface area contributed by atoms with Crippen molar-refractivity contribution in [1.29, 1.82) is 0 Å². The maximum absolute atomic E-state index is 13.1. The van der Waals surface area contributed by atoms with Crippen LogP contribution in [0.4, 0.5) is 0 Å². The predicted octanol–water partition coefficient (Wildman–Crippen LogP) is 4.82. The van der Waals surface area contributed by atoms with E-state index in [9.17, 15) is 4.79 Å². The highest BCUT2D eigenvalue weighted by molar-refractivity contribution is 5.92. The number of rotatable bonds is 9.